The zero-order valence-electron chi connectivity index (χ0n) is 24.4. The minimum absolute atomic E-state index is 0.243. The Hall–Kier alpha value is -4.15. The highest BCUT2D eigenvalue weighted by Crippen LogP contribution is 2.32. The first-order valence-corrected chi connectivity index (χ1v) is 15.7. The van der Waals surface area contributed by atoms with Crippen LogP contribution in [0.4, 0.5) is 4.39 Å². The monoisotopic (exact) mass is 618 g/mol. The summed E-state index contributed by atoms with van der Waals surface area (Å²) in [6.45, 7) is 5.59. The molecule has 0 amide bonds. The molecule has 3 aromatic carbocycles. The predicted molar refractivity (Wildman–Crippen MR) is 167 cm³/mol. The van der Waals surface area contributed by atoms with Gasteiger partial charge >= 0.3 is 5.97 Å². The van der Waals surface area contributed by atoms with E-state index < -0.39 is 12.0 Å². The standard InChI is InChI=1S/C33H31FN2O5S2/c1-19(2)41-32(38)29-20(3)35-33-36(30(29)23-9-13-25(42-5)14-10-23)31(37)28(43-33)17-22-8-15-26(27(16-22)39-4)40-18-21-6-11-24(34)12-7-21/h6-17,19,30H,18H2,1-5H3/b28-17-/t30-/m0/s1. The molecule has 222 valence electrons. The smallest absolute Gasteiger partial charge is 0.338 e. The SMILES string of the molecule is COc1cc(/C=c2\sc3n(c2=O)[C@@H](c2ccc(SC)cc2)C(C(=O)OC(C)C)=C(C)N=3)ccc1OCc1ccc(F)cc1. The summed E-state index contributed by atoms with van der Waals surface area (Å²) in [6, 6.07) is 18.6. The van der Waals surface area contributed by atoms with E-state index in [4.69, 9.17) is 14.2 Å². The molecule has 0 fully saturated rings. The van der Waals surface area contributed by atoms with Crippen molar-refractivity contribution in [2.24, 2.45) is 4.99 Å². The Morgan fingerprint density at radius 1 is 1.09 bits per heavy atom. The van der Waals surface area contributed by atoms with E-state index in [1.165, 1.54) is 23.5 Å². The van der Waals surface area contributed by atoms with Crippen LogP contribution >= 0.6 is 23.1 Å². The number of benzene rings is 3. The quantitative estimate of drug-likeness (QED) is 0.179. The number of hydrogen-bond acceptors (Lipinski definition) is 8. The fraction of sp³-hybridized carbons (Fsp3) is 0.242. The maximum atomic E-state index is 13.9. The molecule has 0 N–H and O–H groups in total. The number of thioether (sulfide) groups is 1. The molecule has 1 atom stereocenters. The second kappa shape index (κ2) is 13.0. The summed E-state index contributed by atoms with van der Waals surface area (Å²) >= 11 is 2.87. The number of allylic oxidation sites excluding steroid dienone is 1. The van der Waals surface area contributed by atoms with Crippen LogP contribution in [0.1, 0.15) is 43.5 Å². The summed E-state index contributed by atoms with van der Waals surface area (Å²) in [5.74, 6) is 0.205. The summed E-state index contributed by atoms with van der Waals surface area (Å²) in [7, 11) is 1.54. The number of ether oxygens (including phenoxy) is 3. The molecule has 1 aliphatic heterocycles. The van der Waals surface area contributed by atoms with Crippen molar-refractivity contribution < 1.29 is 23.4 Å². The van der Waals surface area contributed by atoms with Crippen LogP contribution in [0, 0.1) is 5.82 Å². The van der Waals surface area contributed by atoms with E-state index >= 15 is 0 Å². The van der Waals surface area contributed by atoms with Crippen molar-refractivity contribution in [3.05, 3.63) is 120 Å². The summed E-state index contributed by atoms with van der Waals surface area (Å²) in [6.07, 6.45) is 3.44. The number of nitrogens with zero attached hydrogens (tertiary/aromatic N) is 2. The Labute approximate surface area is 257 Å². The van der Waals surface area contributed by atoms with Gasteiger partial charge in [-0.15, -0.1) is 11.8 Å². The van der Waals surface area contributed by atoms with Gasteiger partial charge in [0.05, 0.1) is 35.1 Å². The Morgan fingerprint density at radius 3 is 2.47 bits per heavy atom. The number of aromatic nitrogens is 1. The Kier molecular flexibility index (Phi) is 9.17. The number of esters is 1. The zero-order valence-corrected chi connectivity index (χ0v) is 26.1. The molecule has 43 heavy (non-hydrogen) atoms. The molecule has 0 saturated heterocycles. The minimum Gasteiger partial charge on any atom is -0.493 e. The lowest BCUT2D eigenvalue weighted by Crippen LogP contribution is -2.40. The van der Waals surface area contributed by atoms with Gasteiger partial charge < -0.3 is 14.2 Å². The van der Waals surface area contributed by atoms with Gasteiger partial charge in [0, 0.05) is 4.90 Å². The molecule has 0 aliphatic carbocycles. The van der Waals surface area contributed by atoms with E-state index in [-0.39, 0.29) is 24.1 Å². The fourth-order valence-electron chi connectivity index (χ4n) is 4.75. The Bertz CT molecular complexity index is 1860. The van der Waals surface area contributed by atoms with Gasteiger partial charge in [0.15, 0.2) is 16.3 Å². The number of methoxy groups -OCH3 is 1. The average molecular weight is 619 g/mol. The van der Waals surface area contributed by atoms with Gasteiger partial charge in [-0.25, -0.2) is 14.2 Å². The van der Waals surface area contributed by atoms with Crippen LogP contribution in [-0.2, 0) is 16.1 Å². The first-order chi connectivity index (χ1) is 20.7. The maximum Gasteiger partial charge on any atom is 0.338 e. The van der Waals surface area contributed by atoms with Gasteiger partial charge in [-0.2, -0.15) is 0 Å². The number of carbonyl (C=O) groups excluding carboxylic acids is 1. The summed E-state index contributed by atoms with van der Waals surface area (Å²) < 4.78 is 32.3. The van der Waals surface area contributed by atoms with Crippen molar-refractivity contribution in [1.29, 1.82) is 0 Å². The number of thiazole rings is 1. The van der Waals surface area contributed by atoms with Crippen molar-refractivity contribution >= 4 is 35.1 Å². The third-order valence-electron chi connectivity index (χ3n) is 6.81. The highest BCUT2D eigenvalue weighted by atomic mass is 32.2. The van der Waals surface area contributed by atoms with Gasteiger partial charge in [-0.3, -0.25) is 9.36 Å². The topological polar surface area (TPSA) is 79.1 Å². The third kappa shape index (κ3) is 6.60. The molecule has 10 heteroatoms. The maximum absolute atomic E-state index is 13.9. The fourth-order valence-corrected chi connectivity index (χ4v) is 6.20. The average Bonchev–Trinajstić information content (AvgIpc) is 3.29. The van der Waals surface area contributed by atoms with E-state index in [2.05, 4.69) is 4.99 Å². The molecule has 2 heterocycles. The van der Waals surface area contributed by atoms with Gasteiger partial charge in [0.25, 0.3) is 5.56 Å². The second-order valence-electron chi connectivity index (χ2n) is 10.1. The number of carbonyl (C=O) groups is 1. The molecule has 0 spiro atoms. The van der Waals surface area contributed by atoms with Gasteiger partial charge in [-0.1, -0.05) is 41.7 Å². The minimum atomic E-state index is -0.683. The molecule has 0 radical (unpaired) electrons. The Morgan fingerprint density at radius 2 is 1.81 bits per heavy atom. The highest BCUT2D eigenvalue weighted by Gasteiger charge is 2.33. The molecule has 1 aromatic heterocycles. The van der Waals surface area contributed by atoms with Crippen LogP contribution in [0.2, 0.25) is 0 Å². The molecular formula is C33H31FN2O5S2. The zero-order chi connectivity index (χ0) is 30.7. The number of fused-ring (bicyclic) bond motifs is 1. The lowest BCUT2D eigenvalue weighted by molar-refractivity contribution is -0.143. The van der Waals surface area contributed by atoms with Crippen molar-refractivity contribution in [1.82, 2.24) is 4.57 Å². The van der Waals surface area contributed by atoms with Gasteiger partial charge in [0.1, 0.15) is 12.4 Å². The molecule has 0 unspecified atom stereocenters. The van der Waals surface area contributed by atoms with Crippen LogP contribution in [0.5, 0.6) is 11.5 Å². The van der Waals surface area contributed by atoms with Crippen molar-refractivity contribution in [2.75, 3.05) is 13.4 Å². The number of hydrogen-bond donors (Lipinski definition) is 0. The first-order valence-electron chi connectivity index (χ1n) is 13.6. The van der Waals surface area contributed by atoms with E-state index in [9.17, 15) is 14.0 Å². The van der Waals surface area contributed by atoms with E-state index in [1.807, 2.05) is 36.6 Å². The third-order valence-corrected chi connectivity index (χ3v) is 8.54. The summed E-state index contributed by atoms with van der Waals surface area (Å²) in [5, 5.41) is 0. The molecule has 0 bridgehead atoms. The normalized spacial score (nSPS) is 14.9. The van der Waals surface area contributed by atoms with Crippen LogP contribution in [0.3, 0.4) is 0 Å². The number of halogens is 1. The summed E-state index contributed by atoms with van der Waals surface area (Å²) in [4.78, 5) is 33.5. The summed E-state index contributed by atoms with van der Waals surface area (Å²) in [5.41, 5.74) is 2.93. The lowest BCUT2D eigenvalue weighted by atomic mass is 9.96. The lowest BCUT2D eigenvalue weighted by Gasteiger charge is -2.25. The molecule has 1 aliphatic rings. The molecular weight excluding hydrogens is 588 g/mol. The molecule has 7 nitrogen and oxygen atoms in total. The van der Waals surface area contributed by atoms with Crippen molar-refractivity contribution in [3.63, 3.8) is 0 Å². The second-order valence-corrected chi connectivity index (χ2v) is 12.0. The van der Waals surface area contributed by atoms with Crippen molar-refractivity contribution in [2.45, 2.75) is 44.4 Å². The van der Waals surface area contributed by atoms with Crippen LogP contribution in [0.25, 0.3) is 6.08 Å². The van der Waals surface area contributed by atoms with Crippen LogP contribution in [0.15, 0.2) is 92.7 Å². The molecule has 0 saturated carbocycles. The van der Waals surface area contributed by atoms with Gasteiger partial charge in [0.2, 0.25) is 0 Å². The van der Waals surface area contributed by atoms with Crippen LogP contribution < -0.4 is 24.4 Å². The van der Waals surface area contributed by atoms with E-state index in [0.717, 1.165) is 21.6 Å². The van der Waals surface area contributed by atoms with E-state index in [1.54, 1.807) is 74.6 Å². The van der Waals surface area contributed by atoms with Gasteiger partial charge in [-0.05, 0) is 86.2 Å². The van der Waals surface area contributed by atoms with Crippen molar-refractivity contribution in [3.8, 4) is 11.5 Å². The number of rotatable bonds is 9. The first kappa shape index (κ1) is 30.3. The largest absolute Gasteiger partial charge is 0.493 e. The van der Waals surface area contributed by atoms with E-state index in [0.29, 0.717) is 32.1 Å². The molecule has 4 aromatic rings. The predicted octanol–water partition coefficient (Wildman–Crippen LogP) is 5.64. The Balaban J connectivity index is 1.54. The van der Waals surface area contributed by atoms with Crippen LogP contribution in [-0.4, -0.2) is 30.0 Å². The highest BCUT2D eigenvalue weighted by molar-refractivity contribution is 7.98. The molecule has 5 rings (SSSR count).